The Kier molecular flexibility index (Phi) is 4.92. The Morgan fingerprint density at radius 2 is 1.86 bits per heavy atom. The lowest BCUT2D eigenvalue weighted by molar-refractivity contribution is -0.132. The molecule has 150 valence electrons. The Bertz CT molecular complexity index is 1180. The summed E-state index contributed by atoms with van der Waals surface area (Å²) in [5.41, 5.74) is 0.379. The summed E-state index contributed by atoms with van der Waals surface area (Å²) in [5, 5.41) is 0.403. The first-order chi connectivity index (χ1) is 14.0. The number of fused-ring (bicyclic) bond motifs is 1. The quantitative estimate of drug-likeness (QED) is 0.660. The van der Waals surface area contributed by atoms with Gasteiger partial charge in [0.15, 0.2) is 6.61 Å². The molecular weight excluding hydrogens is 372 g/mol. The fraction of sp³-hybridized carbons (Fsp3) is 0.333. The van der Waals surface area contributed by atoms with Crippen LogP contribution in [0.2, 0.25) is 0 Å². The molecule has 8 heteroatoms. The van der Waals surface area contributed by atoms with E-state index in [1.54, 1.807) is 18.0 Å². The largest absolute Gasteiger partial charge is 0.484 e. The second-order valence-electron chi connectivity index (χ2n) is 7.24. The fourth-order valence-electron chi connectivity index (χ4n) is 3.68. The number of likely N-dealkylation sites (tertiary alicyclic amines) is 1. The van der Waals surface area contributed by atoms with Crippen molar-refractivity contribution >= 4 is 16.9 Å². The smallest absolute Gasteiger partial charge is 0.332 e. The Labute approximate surface area is 167 Å². The van der Waals surface area contributed by atoms with E-state index in [1.807, 2.05) is 36.4 Å². The number of rotatable bonds is 4. The zero-order chi connectivity index (χ0) is 20.5. The maximum absolute atomic E-state index is 12.5. The van der Waals surface area contributed by atoms with Crippen molar-refractivity contribution in [1.82, 2.24) is 19.0 Å². The van der Waals surface area contributed by atoms with Gasteiger partial charge in [0, 0.05) is 38.8 Å². The van der Waals surface area contributed by atoms with Crippen molar-refractivity contribution in [1.29, 1.82) is 0 Å². The molecule has 2 aromatic heterocycles. The predicted octanol–water partition coefficient (Wildman–Crippen LogP) is 1.03. The van der Waals surface area contributed by atoms with Gasteiger partial charge < -0.3 is 9.64 Å². The van der Waals surface area contributed by atoms with Crippen molar-refractivity contribution in [3.8, 4) is 5.75 Å². The summed E-state index contributed by atoms with van der Waals surface area (Å²) in [5.74, 6) is 0.646. The third kappa shape index (κ3) is 3.53. The normalized spacial score (nSPS) is 16.3. The summed E-state index contributed by atoms with van der Waals surface area (Å²) in [7, 11) is 3.06. The van der Waals surface area contributed by atoms with Gasteiger partial charge in [-0.3, -0.25) is 18.7 Å². The van der Waals surface area contributed by atoms with Gasteiger partial charge in [0.05, 0.1) is 5.39 Å². The van der Waals surface area contributed by atoms with Gasteiger partial charge in [0.2, 0.25) is 0 Å². The highest BCUT2D eigenvalue weighted by molar-refractivity contribution is 5.78. The third-order valence-electron chi connectivity index (χ3n) is 5.39. The number of nitrogens with zero attached hydrogens (tertiary/aromatic N) is 4. The molecule has 3 heterocycles. The van der Waals surface area contributed by atoms with E-state index in [-0.39, 0.29) is 24.0 Å². The van der Waals surface area contributed by atoms with E-state index in [0.29, 0.717) is 29.9 Å². The minimum atomic E-state index is -0.409. The molecular formula is C21H22N4O4. The zero-order valence-electron chi connectivity index (χ0n) is 16.4. The first kappa shape index (κ1) is 18.9. The van der Waals surface area contributed by atoms with E-state index in [9.17, 15) is 14.4 Å². The van der Waals surface area contributed by atoms with E-state index in [0.717, 1.165) is 16.7 Å². The SMILES string of the molecule is Cn1c(=O)c2ccc(C3CCN(C(=O)COc4ccccc4)C3)nc2n(C)c1=O. The second kappa shape index (κ2) is 7.54. The molecule has 1 aromatic carbocycles. The Morgan fingerprint density at radius 3 is 2.62 bits per heavy atom. The molecule has 0 aliphatic carbocycles. The number of para-hydroxylation sites is 1. The van der Waals surface area contributed by atoms with Crippen LogP contribution in [0, 0.1) is 0 Å². The second-order valence-corrected chi connectivity index (χ2v) is 7.24. The molecule has 1 fully saturated rings. The van der Waals surface area contributed by atoms with Gasteiger partial charge >= 0.3 is 5.69 Å². The van der Waals surface area contributed by atoms with Gasteiger partial charge in [0.25, 0.3) is 11.5 Å². The molecule has 4 rings (SSSR count). The molecule has 8 nitrogen and oxygen atoms in total. The molecule has 29 heavy (non-hydrogen) atoms. The van der Waals surface area contributed by atoms with Crippen molar-refractivity contribution in [3.05, 3.63) is 69.0 Å². The highest BCUT2D eigenvalue weighted by atomic mass is 16.5. The number of hydrogen-bond acceptors (Lipinski definition) is 5. The van der Waals surface area contributed by atoms with Crippen LogP contribution in [0.5, 0.6) is 5.75 Å². The molecule has 0 saturated carbocycles. The van der Waals surface area contributed by atoms with Crippen molar-refractivity contribution < 1.29 is 9.53 Å². The monoisotopic (exact) mass is 394 g/mol. The van der Waals surface area contributed by atoms with Gasteiger partial charge in [0.1, 0.15) is 11.4 Å². The Hall–Kier alpha value is -3.42. The average molecular weight is 394 g/mol. The van der Waals surface area contributed by atoms with Gasteiger partial charge in [-0.15, -0.1) is 0 Å². The first-order valence-electron chi connectivity index (χ1n) is 9.48. The average Bonchev–Trinajstić information content (AvgIpc) is 3.25. The number of ether oxygens (including phenoxy) is 1. The highest BCUT2D eigenvalue weighted by Gasteiger charge is 2.29. The summed E-state index contributed by atoms with van der Waals surface area (Å²) < 4.78 is 8.01. The minimum Gasteiger partial charge on any atom is -0.484 e. The van der Waals surface area contributed by atoms with Crippen LogP contribution < -0.4 is 16.0 Å². The summed E-state index contributed by atoms with van der Waals surface area (Å²) >= 11 is 0. The Balaban J connectivity index is 1.50. The van der Waals surface area contributed by atoms with Crippen LogP contribution in [0.3, 0.4) is 0 Å². The molecule has 0 N–H and O–H groups in total. The summed E-state index contributed by atoms with van der Waals surface area (Å²) in [6.45, 7) is 1.15. The summed E-state index contributed by atoms with van der Waals surface area (Å²) in [4.78, 5) is 43.3. The maximum atomic E-state index is 12.5. The number of aryl methyl sites for hydroxylation is 1. The third-order valence-corrected chi connectivity index (χ3v) is 5.39. The van der Waals surface area contributed by atoms with Crippen LogP contribution in [-0.2, 0) is 18.9 Å². The summed E-state index contributed by atoms with van der Waals surface area (Å²) in [6, 6.07) is 12.8. The molecule has 1 aliphatic heterocycles. The lowest BCUT2D eigenvalue weighted by Gasteiger charge is -2.17. The van der Waals surface area contributed by atoms with Crippen molar-refractivity contribution in [2.45, 2.75) is 12.3 Å². The van der Waals surface area contributed by atoms with E-state index < -0.39 is 5.69 Å². The number of carbonyl (C=O) groups excluding carboxylic acids is 1. The molecule has 1 aliphatic rings. The van der Waals surface area contributed by atoms with Crippen molar-refractivity contribution in [2.24, 2.45) is 14.1 Å². The number of aromatic nitrogens is 3. The molecule has 1 unspecified atom stereocenters. The molecule has 0 radical (unpaired) electrons. The Morgan fingerprint density at radius 1 is 1.10 bits per heavy atom. The molecule has 0 spiro atoms. The van der Waals surface area contributed by atoms with Gasteiger partial charge in [-0.05, 0) is 30.7 Å². The van der Waals surface area contributed by atoms with Gasteiger partial charge in [-0.1, -0.05) is 18.2 Å². The first-order valence-corrected chi connectivity index (χ1v) is 9.48. The van der Waals surface area contributed by atoms with Crippen LogP contribution in [0.4, 0.5) is 0 Å². The van der Waals surface area contributed by atoms with E-state index in [4.69, 9.17) is 4.74 Å². The van der Waals surface area contributed by atoms with Crippen LogP contribution in [0.1, 0.15) is 18.0 Å². The van der Waals surface area contributed by atoms with E-state index in [1.165, 1.54) is 11.6 Å². The number of pyridine rings is 1. The lowest BCUT2D eigenvalue weighted by Crippen LogP contribution is -2.37. The molecule has 3 aromatic rings. The topological polar surface area (TPSA) is 86.4 Å². The van der Waals surface area contributed by atoms with Crippen LogP contribution in [0.25, 0.3) is 11.0 Å². The number of amides is 1. The highest BCUT2D eigenvalue weighted by Crippen LogP contribution is 2.26. The molecule has 1 amide bonds. The minimum absolute atomic E-state index is 0.00751. The molecule has 0 bridgehead atoms. The van der Waals surface area contributed by atoms with Gasteiger partial charge in [-0.25, -0.2) is 9.78 Å². The number of carbonyl (C=O) groups is 1. The molecule has 1 saturated heterocycles. The standard InChI is InChI=1S/C21H22N4O4/c1-23-19-16(20(27)24(2)21(23)28)8-9-17(22-19)14-10-11-25(12-14)18(26)13-29-15-6-4-3-5-7-15/h3-9,14H,10-13H2,1-2H3. The van der Waals surface area contributed by atoms with Crippen LogP contribution in [-0.4, -0.2) is 44.6 Å². The number of benzene rings is 1. The zero-order valence-corrected chi connectivity index (χ0v) is 16.4. The van der Waals surface area contributed by atoms with Crippen LogP contribution in [0.15, 0.2) is 52.1 Å². The summed E-state index contributed by atoms with van der Waals surface area (Å²) in [6.07, 6.45) is 0.772. The predicted molar refractivity (Wildman–Crippen MR) is 108 cm³/mol. The lowest BCUT2D eigenvalue weighted by atomic mass is 10.0. The van der Waals surface area contributed by atoms with E-state index in [2.05, 4.69) is 4.98 Å². The van der Waals surface area contributed by atoms with Crippen molar-refractivity contribution in [2.75, 3.05) is 19.7 Å². The van der Waals surface area contributed by atoms with Crippen molar-refractivity contribution in [3.63, 3.8) is 0 Å². The van der Waals surface area contributed by atoms with Gasteiger partial charge in [-0.2, -0.15) is 0 Å². The fourth-order valence-corrected chi connectivity index (χ4v) is 3.68. The maximum Gasteiger partial charge on any atom is 0.332 e. The van der Waals surface area contributed by atoms with E-state index >= 15 is 0 Å². The van der Waals surface area contributed by atoms with Crippen LogP contribution >= 0.6 is 0 Å². The molecule has 1 atom stereocenters. The number of hydrogen-bond donors (Lipinski definition) is 0.